The number of carbonyl (C=O) groups is 3. The van der Waals surface area contributed by atoms with E-state index in [1.807, 2.05) is 36.4 Å². The minimum atomic E-state index is -3.21. The average Bonchev–Trinajstić information content (AvgIpc) is 3.29. The summed E-state index contributed by atoms with van der Waals surface area (Å²) in [5, 5.41) is 2.93. The van der Waals surface area contributed by atoms with Crippen LogP contribution in [0.2, 0.25) is 5.02 Å². The molecule has 3 aromatic rings. The van der Waals surface area contributed by atoms with Crippen LogP contribution in [-0.2, 0) is 28.7 Å². The number of carbonyl (C=O) groups excluding carboxylic acids is 3. The zero-order chi connectivity index (χ0) is 28.7. The number of amides is 3. The smallest absolute Gasteiger partial charge is 0.322 e. The van der Waals surface area contributed by atoms with Gasteiger partial charge in [-0.05, 0) is 52.9 Å². The van der Waals surface area contributed by atoms with E-state index in [9.17, 15) is 14.4 Å². The summed E-state index contributed by atoms with van der Waals surface area (Å²) in [4.78, 5) is 41.5. The molecule has 1 unspecified atom stereocenters. The predicted octanol–water partition coefficient (Wildman–Crippen LogP) is 4.64. The van der Waals surface area contributed by atoms with E-state index in [-0.39, 0.29) is 49.9 Å². The molecule has 0 radical (unpaired) electrons. The topological polar surface area (TPSA) is 73.0 Å². The van der Waals surface area contributed by atoms with Gasteiger partial charge in [-0.2, -0.15) is 8.78 Å². The first-order chi connectivity index (χ1) is 19.7. The summed E-state index contributed by atoms with van der Waals surface area (Å²) in [5.74, 6) is -1.28. The number of piperidine rings is 1. The van der Waals surface area contributed by atoms with Gasteiger partial charge in [-0.25, -0.2) is 4.90 Å². The molecule has 3 heterocycles. The van der Waals surface area contributed by atoms with E-state index in [4.69, 9.17) is 11.6 Å². The second-order valence-corrected chi connectivity index (χ2v) is 11.2. The van der Waals surface area contributed by atoms with Gasteiger partial charge in [0.1, 0.15) is 6.04 Å². The van der Waals surface area contributed by atoms with Crippen molar-refractivity contribution in [2.75, 3.05) is 26.2 Å². The standard InChI is InChI=1S/C31H29ClF2N4O3/c32-24-8-5-20(6-9-24)25-4-2-1-3-21(25)18-36-13-15-37(16-14-36)31(33,34)23-7-10-26-22(17-23)19-38(30(26)41)27-11-12-28(39)35-29(27)40/h1-10,17,27H,11-16,18-19H2,(H,35,39,40). The Balaban J connectivity index is 1.12. The van der Waals surface area contributed by atoms with Crippen LogP contribution in [0, 0.1) is 0 Å². The van der Waals surface area contributed by atoms with Crippen molar-refractivity contribution < 1.29 is 23.2 Å². The summed E-state index contributed by atoms with van der Waals surface area (Å²) in [6, 6.07) is 15.9. The van der Waals surface area contributed by atoms with Gasteiger partial charge in [0.15, 0.2) is 0 Å². The number of alkyl halides is 2. The van der Waals surface area contributed by atoms with Crippen LogP contribution in [0.1, 0.15) is 39.9 Å². The Morgan fingerprint density at radius 1 is 0.902 bits per heavy atom. The van der Waals surface area contributed by atoms with Crippen LogP contribution in [0.3, 0.4) is 0 Å². The highest BCUT2D eigenvalue weighted by Gasteiger charge is 2.43. The largest absolute Gasteiger partial charge is 0.331 e. The monoisotopic (exact) mass is 578 g/mol. The number of imide groups is 1. The molecular weight excluding hydrogens is 550 g/mol. The zero-order valence-electron chi connectivity index (χ0n) is 22.3. The molecule has 2 saturated heterocycles. The molecule has 6 rings (SSSR count). The summed E-state index contributed by atoms with van der Waals surface area (Å²) in [5.41, 5.74) is 3.89. The highest BCUT2D eigenvalue weighted by atomic mass is 35.5. The first kappa shape index (κ1) is 27.5. The number of nitrogens with zero attached hydrogens (tertiary/aromatic N) is 3. The molecule has 2 fully saturated rings. The number of hydrogen-bond donors (Lipinski definition) is 1. The molecule has 1 N–H and O–H groups in total. The Morgan fingerprint density at radius 3 is 2.37 bits per heavy atom. The minimum Gasteiger partial charge on any atom is -0.322 e. The molecule has 0 bridgehead atoms. The third kappa shape index (κ3) is 5.37. The van der Waals surface area contributed by atoms with Crippen molar-refractivity contribution in [3.05, 3.63) is 94.0 Å². The van der Waals surface area contributed by atoms with Gasteiger partial charge in [-0.1, -0.05) is 54.1 Å². The highest BCUT2D eigenvalue weighted by Crippen LogP contribution is 2.37. The maximum Gasteiger partial charge on any atom is 0.331 e. The van der Waals surface area contributed by atoms with Crippen LogP contribution in [0.15, 0.2) is 66.7 Å². The maximum atomic E-state index is 15.7. The number of piperazine rings is 1. The highest BCUT2D eigenvalue weighted by molar-refractivity contribution is 6.30. The summed E-state index contributed by atoms with van der Waals surface area (Å²) < 4.78 is 31.5. The van der Waals surface area contributed by atoms with Gasteiger partial charge < -0.3 is 4.90 Å². The van der Waals surface area contributed by atoms with E-state index < -0.39 is 18.0 Å². The van der Waals surface area contributed by atoms with Gasteiger partial charge in [0.05, 0.1) is 0 Å². The predicted molar refractivity (Wildman–Crippen MR) is 150 cm³/mol. The molecule has 10 heteroatoms. The quantitative estimate of drug-likeness (QED) is 0.341. The van der Waals surface area contributed by atoms with Crippen molar-refractivity contribution in [3.63, 3.8) is 0 Å². The molecule has 0 aliphatic carbocycles. The molecular formula is C31H29ClF2N4O3. The number of hydrogen-bond acceptors (Lipinski definition) is 5. The third-order valence-corrected chi connectivity index (χ3v) is 8.46. The van der Waals surface area contributed by atoms with Crippen LogP contribution >= 0.6 is 11.6 Å². The van der Waals surface area contributed by atoms with Gasteiger partial charge >= 0.3 is 6.05 Å². The second kappa shape index (κ2) is 11.0. The normalized spacial score (nSPS) is 20.3. The molecule has 3 aliphatic heterocycles. The van der Waals surface area contributed by atoms with E-state index in [1.54, 1.807) is 0 Å². The summed E-state index contributed by atoms with van der Waals surface area (Å²) in [6.07, 6.45) is 0.362. The van der Waals surface area contributed by atoms with Crippen molar-refractivity contribution in [2.24, 2.45) is 0 Å². The van der Waals surface area contributed by atoms with Crippen molar-refractivity contribution in [3.8, 4) is 11.1 Å². The number of nitrogens with one attached hydrogen (secondary N) is 1. The van der Waals surface area contributed by atoms with Gasteiger partial charge in [0.25, 0.3) is 5.91 Å². The summed E-state index contributed by atoms with van der Waals surface area (Å²) in [6.45, 7) is 2.05. The number of fused-ring (bicyclic) bond motifs is 1. The SMILES string of the molecule is O=C1CCC(N2Cc3cc(C(F)(F)N4CCN(Cc5ccccc5-c5ccc(Cl)cc5)CC4)ccc3C2=O)C(=O)N1. The van der Waals surface area contributed by atoms with Crippen molar-refractivity contribution >= 4 is 29.3 Å². The fourth-order valence-electron chi connectivity index (χ4n) is 5.94. The van der Waals surface area contributed by atoms with Crippen LogP contribution in [0.5, 0.6) is 0 Å². The molecule has 41 heavy (non-hydrogen) atoms. The fraction of sp³-hybridized carbons (Fsp3) is 0.323. The Labute approximate surface area is 241 Å². The van der Waals surface area contributed by atoms with Gasteiger partial charge in [0.2, 0.25) is 11.8 Å². The van der Waals surface area contributed by atoms with Crippen LogP contribution < -0.4 is 5.32 Å². The fourth-order valence-corrected chi connectivity index (χ4v) is 6.07. The summed E-state index contributed by atoms with van der Waals surface area (Å²) >= 11 is 6.06. The first-order valence-electron chi connectivity index (χ1n) is 13.7. The van der Waals surface area contributed by atoms with Crippen molar-refractivity contribution in [2.45, 2.75) is 38.0 Å². The second-order valence-electron chi connectivity index (χ2n) is 10.7. The van der Waals surface area contributed by atoms with E-state index in [2.05, 4.69) is 22.3 Å². The van der Waals surface area contributed by atoms with Crippen LogP contribution in [-0.4, -0.2) is 64.6 Å². The van der Waals surface area contributed by atoms with Gasteiger partial charge in [0, 0.05) is 61.8 Å². The van der Waals surface area contributed by atoms with Crippen LogP contribution in [0.4, 0.5) is 8.78 Å². The lowest BCUT2D eigenvalue weighted by Crippen LogP contribution is -2.52. The molecule has 1 atom stereocenters. The lowest BCUT2D eigenvalue weighted by molar-refractivity contribution is -0.167. The molecule has 0 spiro atoms. The zero-order valence-corrected chi connectivity index (χ0v) is 23.0. The van der Waals surface area contributed by atoms with Gasteiger partial charge in [-0.15, -0.1) is 0 Å². The summed E-state index contributed by atoms with van der Waals surface area (Å²) in [7, 11) is 0. The van der Waals surface area contributed by atoms with Crippen LogP contribution in [0.25, 0.3) is 11.1 Å². The number of benzene rings is 3. The number of halogens is 3. The molecule has 212 valence electrons. The Hall–Kier alpha value is -3.66. The number of rotatable bonds is 6. The van der Waals surface area contributed by atoms with Gasteiger partial charge in [-0.3, -0.25) is 24.6 Å². The molecule has 0 saturated carbocycles. The molecule has 0 aromatic heterocycles. The third-order valence-electron chi connectivity index (χ3n) is 8.21. The molecule has 3 aliphatic rings. The Morgan fingerprint density at radius 2 is 1.63 bits per heavy atom. The molecule has 3 amide bonds. The Bertz CT molecular complexity index is 1510. The Kier molecular flexibility index (Phi) is 7.36. The molecule has 3 aromatic carbocycles. The van der Waals surface area contributed by atoms with E-state index >= 15 is 8.78 Å². The van der Waals surface area contributed by atoms with Crippen molar-refractivity contribution in [1.82, 2.24) is 20.0 Å². The lowest BCUT2D eigenvalue weighted by Gasteiger charge is -2.39. The van der Waals surface area contributed by atoms with E-state index in [1.165, 1.54) is 28.0 Å². The average molecular weight is 579 g/mol. The first-order valence-corrected chi connectivity index (χ1v) is 14.1. The molecule has 7 nitrogen and oxygen atoms in total. The van der Waals surface area contributed by atoms with E-state index in [0.29, 0.717) is 35.8 Å². The minimum absolute atomic E-state index is 0.0607. The van der Waals surface area contributed by atoms with E-state index in [0.717, 1.165) is 16.7 Å². The maximum absolute atomic E-state index is 15.7. The lowest BCUT2D eigenvalue weighted by atomic mass is 9.99. The van der Waals surface area contributed by atoms with Crippen molar-refractivity contribution in [1.29, 1.82) is 0 Å².